The molecule has 0 bridgehead atoms. The Hall–Kier alpha value is -3.91. The SMILES string of the molecule is Cc1ccc(S(=O)(=O)N(C)c2ccc(C(=O)Oc3ccc4c(C)cc(=O)oc4c3)cc2)cc1. The Balaban J connectivity index is 1.53. The molecule has 7 nitrogen and oxygen atoms in total. The molecule has 4 rings (SSSR count). The maximum Gasteiger partial charge on any atom is 0.343 e. The maximum absolute atomic E-state index is 12.9. The molecule has 0 radical (unpaired) electrons. The van der Waals surface area contributed by atoms with E-state index in [9.17, 15) is 18.0 Å². The summed E-state index contributed by atoms with van der Waals surface area (Å²) in [5, 5.41) is 0.747. The molecule has 0 aliphatic rings. The Labute approximate surface area is 190 Å². The van der Waals surface area contributed by atoms with Crippen LogP contribution in [0.2, 0.25) is 0 Å². The van der Waals surface area contributed by atoms with Crippen LogP contribution in [-0.4, -0.2) is 21.4 Å². The molecule has 0 saturated heterocycles. The Bertz CT molecular complexity index is 1500. The maximum atomic E-state index is 12.9. The van der Waals surface area contributed by atoms with Crippen LogP contribution in [-0.2, 0) is 10.0 Å². The normalized spacial score (nSPS) is 11.4. The molecule has 0 amide bonds. The molecule has 8 heteroatoms. The van der Waals surface area contributed by atoms with Crippen LogP contribution in [0.25, 0.3) is 11.0 Å². The molecule has 0 N–H and O–H groups in total. The standard InChI is InChI=1S/C25H21NO6S/c1-16-4-11-21(12-5-16)33(29,30)26(3)19-8-6-18(7-9-19)25(28)31-20-10-13-22-17(2)14-24(27)32-23(22)15-20/h4-15H,1-3H3. The quantitative estimate of drug-likeness (QED) is 0.247. The summed E-state index contributed by atoms with van der Waals surface area (Å²) in [6, 6.07) is 18.8. The van der Waals surface area contributed by atoms with E-state index in [1.54, 1.807) is 43.3 Å². The molecule has 0 fully saturated rings. The smallest absolute Gasteiger partial charge is 0.343 e. The summed E-state index contributed by atoms with van der Waals surface area (Å²) < 4.78 is 37.5. The number of ether oxygens (including phenoxy) is 1. The molecule has 1 heterocycles. The number of hydrogen-bond acceptors (Lipinski definition) is 6. The van der Waals surface area contributed by atoms with Gasteiger partial charge in [0.1, 0.15) is 11.3 Å². The van der Waals surface area contributed by atoms with E-state index >= 15 is 0 Å². The number of benzene rings is 3. The van der Waals surface area contributed by atoms with Crippen molar-refractivity contribution < 1.29 is 22.4 Å². The highest BCUT2D eigenvalue weighted by molar-refractivity contribution is 7.92. The number of esters is 1. The van der Waals surface area contributed by atoms with E-state index in [2.05, 4.69) is 0 Å². The zero-order chi connectivity index (χ0) is 23.8. The first-order valence-corrected chi connectivity index (χ1v) is 11.5. The van der Waals surface area contributed by atoms with Crippen molar-refractivity contribution in [3.63, 3.8) is 0 Å². The molecule has 0 unspecified atom stereocenters. The molecule has 0 aliphatic heterocycles. The lowest BCUT2D eigenvalue weighted by Crippen LogP contribution is -2.26. The van der Waals surface area contributed by atoms with Crippen molar-refractivity contribution in [2.45, 2.75) is 18.7 Å². The molecule has 0 aliphatic carbocycles. The number of hydrogen-bond donors (Lipinski definition) is 0. The Morgan fingerprint density at radius 3 is 2.24 bits per heavy atom. The number of anilines is 1. The third-order valence-corrected chi connectivity index (χ3v) is 7.08. The summed E-state index contributed by atoms with van der Waals surface area (Å²) in [7, 11) is -2.29. The lowest BCUT2D eigenvalue weighted by molar-refractivity contribution is 0.0735. The lowest BCUT2D eigenvalue weighted by atomic mass is 10.1. The van der Waals surface area contributed by atoms with Gasteiger partial charge in [-0.25, -0.2) is 18.0 Å². The second-order valence-corrected chi connectivity index (χ2v) is 9.60. The topological polar surface area (TPSA) is 93.9 Å². The highest BCUT2D eigenvalue weighted by Gasteiger charge is 2.21. The first-order valence-electron chi connectivity index (χ1n) is 10.1. The average molecular weight is 464 g/mol. The second-order valence-electron chi connectivity index (χ2n) is 7.63. The van der Waals surface area contributed by atoms with Gasteiger partial charge in [0.05, 0.1) is 16.1 Å². The molecule has 33 heavy (non-hydrogen) atoms. The Kier molecular flexibility index (Phi) is 5.78. The van der Waals surface area contributed by atoms with Crippen LogP contribution in [0.1, 0.15) is 21.5 Å². The van der Waals surface area contributed by atoms with Gasteiger partial charge in [-0.3, -0.25) is 4.31 Å². The van der Waals surface area contributed by atoms with Crippen LogP contribution in [0.4, 0.5) is 5.69 Å². The molecule has 1 aromatic heterocycles. The third kappa shape index (κ3) is 4.51. The van der Waals surface area contributed by atoms with Crippen molar-refractivity contribution in [3.05, 3.63) is 99.9 Å². The molecular weight excluding hydrogens is 442 g/mol. The molecule has 0 saturated carbocycles. The summed E-state index contributed by atoms with van der Waals surface area (Å²) in [6.07, 6.45) is 0. The zero-order valence-electron chi connectivity index (χ0n) is 18.2. The van der Waals surface area contributed by atoms with E-state index in [4.69, 9.17) is 9.15 Å². The molecule has 4 aromatic rings. The van der Waals surface area contributed by atoms with Gasteiger partial charge >= 0.3 is 11.6 Å². The van der Waals surface area contributed by atoms with Crippen molar-refractivity contribution >= 4 is 32.6 Å². The van der Waals surface area contributed by atoms with Crippen LogP contribution >= 0.6 is 0 Å². The number of fused-ring (bicyclic) bond motifs is 1. The van der Waals surface area contributed by atoms with Crippen LogP contribution in [0, 0.1) is 13.8 Å². The molecule has 0 spiro atoms. The highest BCUT2D eigenvalue weighted by Crippen LogP contribution is 2.25. The minimum absolute atomic E-state index is 0.178. The van der Waals surface area contributed by atoms with Crippen molar-refractivity contribution in [2.75, 3.05) is 11.4 Å². The molecule has 0 atom stereocenters. The molecular formula is C25H21NO6S. The van der Waals surface area contributed by atoms with Crippen LogP contribution in [0.3, 0.4) is 0 Å². The second kappa shape index (κ2) is 8.55. The fourth-order valence-corrected chi connectivity index (χ4v) is 4.54. The Morgan fingerprint density at radius 1 is 0.909 bits per heavy atom. The zero-order valence-corrected chi connectivity index (χ0v) is 19.0. The van der Waals surface area contributed by atoms with Gasteiger partial charge in [0.25, 0.3) is 10.0 Å². The first kappa shape index (κ1) is 22.3. The predicted molar refractivity (Wildman–Crippen MR) is 125 cm³/mol. The van der Waals surface area contributed by atoms with E-state index in [-0.39, 0.29) is 16.2 Å². The number of carbonyl (C=O) groups excluding carboxylic acids is 1. The third-order valence-electron chi connectivity index (χ3n) is 5.28. The fraction of sp³-hybridized carbons (Fsp3) is 0.120. The van der Waals surface area contributed by atoms with Gasteiger partial charge in [0, 0.05) is 24.6 Å². The van der Waals surface area contributed by atoms with E-state index in [1.165, 1.54) is 43.4 Å². The van der Waals surface area contributed by atoms with E-state index < -0.39 is 21.6 Å². The predicted octanol–water partition coefficient (Wildman–Crippen LogP) is 4.45. The van der Waals surface area contributed by atoms with Gasteiger partial charge in [0.15, 0.2) is 0 Å². The monoisotopic (exact) mass is 463 g/mol. The summed E-state index contributed by atoms with van der Waals surface area (Å²) >= 11 is 0. The van der Waals surface area contributed by atoms with E-state index in [0.717, 1.165) is 20.8 Å². The number of rotatable bonds is 5. The fourth-order valence-electron chi connectivity index (χ4n) is 3.35. The van der Waals surface area contributed by atoms with Crippen molar-refractivity contribution in [2.24, 2.45) is 0 Å². The minimum atomic E-state index is -3.74. The average Bonchev–Trinajstić information content (AvgIpc) is 2.78. The van der Waals surface area contributed by atoms with Gasteiger partial charge in [-0.15, -0.1) is 0 Å². The van der Waals surface area contributed by atoms with Gasteiger partial charge in [-0.2, -0.15) is 0 Å². The van der Waals surface area contributed by atoms with Gasteiger partial charge in [0.2, 0.25) is 0 Å². The van der Waals surface area contributed by atoms with Crippen LogP contribution in [0.15, 0.2) is 86.9 Å². The van der Waals surface area contributed by atoms with Crippen molar-refractivity contribution in [1.82, 2.24) is 0 Å². The summed E-state index contributed by atoms with van der Waals surface area (Å²) in [4.78, 5) is 24.3. The minimum Gasteiger partial charge on any atom is -0.423 e. The summed E-state index contributed by atoms with van der Waals surface area (Å²) in [5.74, 6) is -0.399. The summed E-state index contributed by atoms with van der Waals surface area (Å²) in [6.45, 7) is 3.68. The first-order chi connectivity index (χ1) is 15.6. The van der Waals surface area contributed by atoms with Gasteiger partial charge in [-0.05, 0) is 67.9 Å². The van der Waals surface area contributed by atoms with Crippen LogP contribution < -0.4 is 14.7 Å². The molecule has 168 valence electrons. The summed E-state index contributed by atoms with van der Waals surface area (Å²) in [5.41, 5.74) is 2.20. The largest absolute Gasteiger partial charge is 0.423 e. The van der Waals surface area contributed by atoms with E-state index in [0.29, 0.717) is 11.3 Å². The molecule has 3 aromatic carbocycles. The number of aryl methyl sites for hydroxylation is 2. The van der Waals surface area contributed by atoms with E-state index in [1.807, 2.05) is 6.92 Å². The number of sulfonamides is 1. The highest BCUT2D eigenvalue weighted by atomic mass is 32.2. The lowest BCUT2D eigenvalue weighted by Gasteiger charge is -2.19. The van der Waals surface area contributed by atoms with Crippen molar-refractivity contribution in [1.29, 1.82) is 0 Å². The van der Waals surface area contributed by atoms with Crippen molar-refractivity contribution in [3.8, 4) is 5.75 Å². The Morgan fingerprint density at radius 2 is 1.58 bits per heavy atom. The number of carbonyl (C=O) groups is 1. The number of nitrogens with zero attached hydrogens (tertiary/aromatic N) is 1. The van der Waals surface area contributed by atoms with Crippen LogP contribution in [0.5, 0.6) is 5.75 Å². The van der Waals surface area contributed by atoms with Gasteiger partial charge < -0.3 is 9.15 Å². The van der Waals surface area contributed by atoms with Gasteiger partial charge in [-0.1, -0.05) is 17.7 Å².